The standard InChI is InChI=1S/C27H31ClF3N3O2.C5H10O2/c1-3-23-13-25(14-24(33(23)2)11-18-7-5-4-6-8-18)34(26-32-22(16-35)17-36-26)15-19-9-20(27(29,30)31)12-21(28)10-19;1-5(2,3)7-4-6/h4-10,12,17,23-25,35H,3,11,13-16H2,1-2H3;4H,1-3H3/t23?,24?,25-;/m0./s1. The third-order valence-electron chi connectivity index (χ3n) is 7.45. The van der Waals surface area contributed by atoms with Crippen LogP contribution in [0.1, 0.15) is 69.3 Å². The van der Waals surface area contributed by atoms with Gasteiger partial charge in [0.1, 0.15) is 17.6 Å². The number of ether oxygens (including phenoxy) is 1. The maximum atomic E-state index is 13.5. The van der Waals surface area contributed by atoms with E-state index < -0.39 is 11.7 Å². The molecule has 1 aliphatic rings. The summed E-state index contributed by atoms with van der Waals surface area (Å²) in [7, 11) is 2.14. The Morgan fingerprint density at radius 2 is 1.79 bits per heavy atom. The molecule has 3 aromatic rings. The predicted octanol–water partition coefficient (Wildman–Crippen LogP) is 7.29. The number of nitrogens with zero attached hydrogens (tertiary/aromatic N) is 3. The van der Waals surface area contributed by atoms with Crippen molar-refractivity contribution in [1.29, 1.82) is 0 Å². The Morgan fingerprint density at radius 3 is 2.33 bits per heavy atom. The summed E-state index contributed by atoms with van der Waals surface area (Å²) < 4.78 is 50.7. The zero-order valence-electron chi connectivity index (χ0n) is 25.3. The molecular weight excluding hydrogens is 583 g/mol. The van der Waals surface area contributed by atoms with Gasteiger partial charge in [0.25, 0.3) is 12.5 Å². The van der Waals surface area contributed by atoms with E-state index in [4.69, 9.17) is 16.0 Å². The minimum absolute atomic E-state index is 0.0278. The summed E-state index contributed by atoms with van der Waals surface area (Å²) in [4.78, 5) is 18.4. The van der Waals surface area contributed by atoms with Crippen molar-refractivity contribution in [2.45, 2.75) is 96.4 Å². The molecule has 0 spiro atoms. The SMILES string of the molecule is CC(C)(C)OC=O.CCC1C[C@H](N(Cc2cc(Cl)cc(C(F)(F)F)c2)c2nc(CO)co2)CC(Cc2ccccc2)N1C. The number of aliphatic hydroxyl groups is 1. The molecule has 2 heterocycles. The molecule has 0 saturated carbocycles. The molecule has 1 N–H and O–H groups in total. The second-order valence-corrected chi connectivity index (χ2v) is 12.2. The van der Waals surface area contributed by atoms with Crippen LogP contribution in [0.25, 0.3) is 0 Å². The van der Waals surface area contributed by atoms with Crippen LogP contribution in [0.3, 0.4) is 0 Å². The fourth-order valence-electron chi connectivity index (χ4n) is 5.28. The average molecular weight is 624 g/mol. The van der Waals surface area contributed by atoms with Gasteiger partial charge >= 0.3 is 6.18 Å². The summed E-state index contributed by atoms with van der Waals surface area (Å²) in [5.74, 6) is 0. The van der Waals surface area contributed by atoms with Gasteiger partial charge < -0.3 is 19.2 Å². The van der Waals surface area contributed by atoms with Gasteiger partial charge in [-0.05, 0) is 82.8 Å². The number of carbonyl (C=O) groups is 1. The van der Waals surface area contributed by atoms with E-state index in [2.05, 4.69) is 40.7 Å². The number of hydrogen-bond acceptors (Lipinski definition) is 7. The van der Waals surface area contributed by atoms with Gasteiger partial charge in [-0.15, -0.1) is 0 Å². The number of carbonyl (C=O) groups excluding carboxylic acids is 1. The van der Waals surface area contributed by atoms with Crippen molar-refractivity contribution in [1.82, 2.24) is 9.88 Å². The number of hydrogen-bond donors (Lipinski definition) is 1. The number of likely N-dealkylation sites (tertiary alicyclic amines) is 1. The summed E-state index contributed by atoms with van der Waals surface area (Å²) in [6.45, 7) is 7.94. The molecule has 43 heavy (non-hydrogen) atoms. The molecule has 1 saturated heterocycles. The highest BCUT2D eigenvalue weighted by atomic mass is 35.5. The molecule has 1 fully saturated rings. The van der Waals surface area contributed by atoms with Gasteiger partial charge in [-0.1, -0.05) is 48.9 Å². The van der Waals surface area contributed by atoms with Crippen molar-refractivity contribution >= 4 is 24.1 Å². The molecule has 2 aromatic carbocycles. The van der Waals surface area contributed by atoms with Crippen LogP contribution in [-0.2, 0) is 35.3 Å². The molecule has 0 radical (unpaired) electrons. The van der Waals surface area contributed by atoms with E-state index in [0.717, 1.165) is 37.8 Å². The number of halogens is 4. The van der Waals surface area contributed by atoms with E-state index in [1.807, 2.05) is 43.9 Å². The summed E-state index contributed by atoms with van der Waals surface area (Å²) in [6.07, 6.45) is 0.275. The molecule has 11 heteroatoms. The average Bonchev–Trinajstić information content (AvgIpc) is 3.41. The Balaban J connectivity index is 0.000000646. The van der Waals surface area contributed by atoms with Crippen molar-refractivity contribution in [3.63, 3.8) is 0 Å². The zero-order chi connectivity index (χ0) is 31.8. The normalized spacial score (nSPS) is 19.3. The van der Waals surface area contributed by atoms with E-state index >= 15 is 0 Å². The first-order valence-electron chi connectivity index (χ1n) is 14.3. The highest BCUT2D eigenvalue weighted by Crippen LogP contribution is 2.35. The predicted molar refractivity (Wildman–Crippen MR) is 161 cm³/mol. The Labute approximate surface area is 256 Å². The largest absolute Gasteiger partial charge is 0.462 e. The molecule has 2 unspecified atom stereocenters. The molecule has 0 bridgehead atoms. The van der Waals surface area contributed by atoms with Crippen LogP contribution < -0.4 is 4.90 Å². The quantitative estimate of drug-likeness (QED) is 0.251. The molecule has 0 aliphatic carbocycles. The van der Waals surface area contributed by atoms with Gasteiger partial charge in [0.15, 0.2) is 0 Å². The monoisotopic (exact) mass is 623 g/mol. The molecule has 236 valence electrons. The van der Waals surface area contributed by atoms with Gasteiger partial charge in [-0.2, -0.15) is 18.2 Å². The number of piperidine rings is 1. The lowest BCUT2D eigenvalue weighted by molar-refractivity contribution is -0.139. The first kappa shape index (κ1) is 34.4. The first-order valence-corrected chi connectivity index (χ1v) is 14.7. The van der Waals surface area contributed by atoms with Crippen LogP contribution in [0.2, 0.25) is 5.02 Å². The van der Waals surface area contributed by atoms with Crippen molar-refractivity contribution in [2.24, 2.45) is 0 Å². The van der Waals surface area contributed by atoms with Crippen LogP contribution in [-0.4, -0.2) is 52.2 Å². The van der Waals surface area contributed by atoms with Gasteiger partial charge in [0.2, 0.25) is 0 Å². The van der Waals surface area contributed by atoms with Crippen LogP contribution in [0, 0.1) is 0 Å². The highest BCUT2D eigenvalue weighted by molar-refractivity contribution is 6.30. The number of rotatable bonds is 9. The van der Waals surface area contributed by atoms with Gasteiger partial charge in [0.05, 0.1) is 12.2 Å². The topological polar surface area (TPSA) is 79.0 Å². The number of benzene rings is 2. The van der Waals surface area contributed by atoms with E-state index in [9.17, 15) is 23.1 Å². The summed E-state index contributed by atoms with van der Waals surface area (Å²) in [5, 5.41) is 9.55. The number of likely N-dealkylation sites (N-methyl/N-ethyl adjacent to an activating group) is 1. The van der Waals surface area contributed by atoms with Crippen molar-refractivity contribution < 1.29 is 32.2 Å². The molecule has 7 nitrogen and oxygen atoms in total. The van der Waals surface area contributed by atoms with E-state index in [-0.39, 0.29) is 47.9 Å². The molecular formula is C32H41ClF3N3O4. The highest BCUT2D eigenvalue weighted by Gasteiger charge is 2.37. The zero-order valence-corrected chi connectivity index (χ0v) is 26.0. The lowest BCUT2D eigenvalue weighted by atomic mass is 9.86. The molecule has 0 amide bonds. The van der Waals surface area contributed by atoms with Gasteiger partial charge in [-0.3, -0.25) is 9.69 Å². The second kappa shape index (κ2) is 15.1. The van der Waals surface area contributed by atoms with Gasteiger partial charge in [-0.25, -0.2) is 0 Å². The Bertz CT molecular complexity index is 1300. The van der Waals surface area contributed by atoms with Crippen LogP contribution >= 0.6 is 11.6 Å². The third-order valence-corrected chi connectivity index (χ3v) is 7.67. The first-order chi connectivity index (χ1) is 20.2. The summed E-state index contributed by atoms with van der Waals surface area (Å²) >= 11 is 6.08. The van der Waals surface area contributed by atoms with E-state index in [0.29, 0.717) is 17.7 Å². The van der Waals surface area contributed by atoms with Crippen LogP contribution in [0.5, 0.6) is 0 Å². The van der Waals surface area contributed by atoms with Crippen molar-refractivity contribution in [3.8, 4) is 0 Å². The summed E-state index contributed by atoms with van der Waals surface area (Å²) in [6, 6.07) is 14.7. The Morgan fingerprint density at radius 1 is 1.12 bits per heavy atom. The minimum atomic E-state index is -4.50. The Hall–Kier alpha value is -3.08. The smallest absolute Gasteiger partial charge is 0.416 e. The van der Waals surface area contributed by atoms with E-state index in [1.165, 1.54) is 11.8 Å². The van der Waals surface area contributed by atoms with Crippen molar-refractivity contribution in [3.05, 3.63) is 82.2 Å². The number of alkyl halides is 3. The number of oxazole rings is 1. The minimum Gasteiger partial charge on any atom is -0.462 e. The van der Waals surface area contributed by atoms with E-state index in [1.54, 1.807) is 6.07 Å². The second-order valence-electron chi connectivity index (χ2n) is 11.8. The maximum absolute atomic E-state index is 13.5. The lowest BCUT2D eigenvalue weighted by Gasteiger charge is -2.46. The Kier molecular flexibility index (Phi) is 12.1. The molecule has 1 aliphatic heterocycles. The molecule has 3 atom stereocenters. The number of aliphatic hydroxyl groups excluding tert-OH is 1. The maximum Gasteiger partial charge on any atom is 0.416 e. The fourth-order valence-corrected chi connectivity index (χ4v) is 5.54. The lowest BCUT2D eigenvalue weighted by Crippen LogP contribution is -2.54. The fraction of sp³-hybridized carbons (Fsp3) is 0.500. The van der Waals surface area contributed by atoms with Crippen LogP contribution in [0.4, 0.5) is 19.2 Å². The number of aromatic nitrogens is 1. The van der Waals surface area contributed by atoms with Crippen LogP contribution in [0.15, 0.2) is 59.2 Å². The van der Waals surface area contributed by atoms with Crippen molar-refractivity contribution in [2.75, 3.05) is 11.9 Å². The van der Waals surface area contributed by atoms with Gasteiger partial charge in [0, 0.05) is 29.7 Å². The number of anilines is 1. The third kappa shape index (κ3) is 10.3. The summed E-state index contributed by atoms with van der Waals surface area (Å²) in [5.41, 5.74) is 0.926. The molecule has 1 aromatic heterocycles. The molecule has 4 rings (SSSR count).